The minimum absolute atomic E-state index is 0.0151. The summed E-state index contributed by atoms with van der Waals surface area (Å²) in [5.41, 5.74) is 2.19. The maximum Gasteiger partial charge on any atom is 0.331 e. The summed E-state index contributed by atoms with van der Waals surface area (Å²) in [5.74, 6) is -0.940. The van der Waals surface area contributed by atoms with E-state index < -0.39 is 5.97 Å². The molecule has 27 heavy (non-hydrogen) atoms. The van der Waals surface area contributed by atoms with E-state index >= 15 is 0 Å². The molecule has 150 valence electrons. The molecule has 0 heterocycles. The van der Waals surface area contributed by atoms with E-state index in [4.69, 9.17) is 0 Å². The highest BCUT2D eigenvalue weighted by atomic mass is 16.4. The number of phenolic OH excluding ortho intramolecular Hbond substituents is 1. The first kappa shape index (κ1) is 21.5. The van der Waals surface area contributed by atoms with Gasteiger partial charge in [0.25, 0.3) is 0 Å². The molecule has 1 aliphatic rings. The highest BCUT2D eigenvalue weighted by Gasteiger charge is 2.31. The van der Waals surface area contributed by atoms with Crippen LogP contribution in [-0.4, -0.2) is 27.9 Å². The number of unbranched alkanes of at least 4 members (excludes halogenated alkanes) is 3. The third-order valence-corrected chi connectivity index (χ3v) is 6.05. The number of hydrogen-bond acceptors (Lipinski definition) is 3. The molecule has 0 aliphatic heterocycles. The first-order chi connectivity index (χ1) is 12.8. The monoisotopic (exact) mass is 374 g/mol. The van der Waals surface area contributed by atoms with E-state index in [1.165, 1.54) is 25.7 Å². The van der Waals surface area contributed by atoms with Gasteiger partial charge in [0.15, 0.2) is 0 Å². The summed E-state index contributed by atoms with van der Waals surface area (Å²) in [6, 6.07) is 5.82. The van der Waals surface area contributed by atoms with Gasteiger partial charge >= 0.3 is 5.97 Å². The van der Waals surface area contributed by atoms with Gasteiger partial charge in [-0.15, -0.1) is 0 Å². The van der Waals surface area contributed by atoms with Gasteiger partial charge in [0.05, 0.1) is 0 Å². The zero-order valence-corrected chi connectivity index (χ0v) is 16.9. The third-order valence-electron chi connectivity index (χ3n) is 6.05. The lowest BCUT2D eigenvalue weighted by Gasteiger charge is -2.31. The molecule has 1 aromatic rings. The number of benzene rings is 1. The third kappa shape index (κ3) is 5.35. The standard InChI is InChI=1S/C23H34O4/c1-4-5-6-7-12-23(2,3)18-10-11-19(21(25)14-18)20-13-16(22(26)27)8-9-17(20)15-24/h8,10-11,14,17,20,24-25H,4-7,9,12-13,15H2,1-3H3,(H,26,27)/t17-,20+/m0/s1. The van der Waals surface area contributed by atoms with Gasteiger partial charge in [-0.05, 0) is 53.7 Å². The predicted molar refractivity (Wildman–Crippen MR) is 108 cm³/mol. The van der Waals surface area contributed by atoms with Gasteiger partial charge in [0, 0.05) is 12.2 Å². The van der Waals surface area contributed by atoms with Crippen LogP contribution in [0.3, 0.4) is 0 Å². The number of carboxylic acid groups (broad SMARTS) is 1. The van der Waals surface area contributed by atoms with Crippen LogP contribution >= 0.6 is 0 Å². The minimum Gasteiger partial charge on any atom is -0.508 e. The molecule has 0 unspecified atom stereocenters. The maximum absolute atomic E-state index is 11.4. The molecule has 0 saturated heterocycles. The fourth-order valence-electron chi connectivity index (χ4n) is 4.10. The van der Waals surface area contributed by atoms with Crippen molar-refractivity contribution in [2.24, 2.45) is 5.92 Å². The molecule has 2 rings (SSSR count). The van der Waals surface area contributed by atoms with Crippen LogP contribution in [0.25, 0.3) is 0 Å². The van der Waals surface area contributed by atoms with E-state index in [-0.39, 0.29) is 29.6 Å². The number of aliphatic hydroxyl groups is 1. The topological polar surface area (TPSA) is 77.8 Å². The van der Waals surface area contributed by atoms with E-state index in [0.29, 0.717) is 18.4 Å². The Balaban J connectivity index is 2.20. The molecule has 1 aromatic carbocycles. The van der Waals surface area contributed by atoms with Crippen LogP contribution in [0, 0.1) is 5.92 Å². The second-order valence-electron chi connectivity index (χ2n) is 8.49. The molecule has 4 nitrogen and oxygen atoms in total. The molecule has 0 fully saturated rings. The summed E-state index contributed by atoms with van der Waals surface area (Å²) in [5, 5.41) is 29.7. The van der Waals surface area contributed by atoms with Crippen LogP contribution in [0.2, 0.25) is 0 Å². The van der Waals surface area contributed by atoms with Crippen molar-refractivity contribution in [1.82, 2.24) is 0 Å². The number of aliphatic hydroxyl groups excluding tert-OH is 1. The number of carboxylic acids is 1. The first-order valence-corrected chi connectivity index (χ1v) is 10.2. The molecule has 3 N–H and O–H groups in total. The van der Waals surface area contributed by atoms with Gasteiger partial charge < -0.3 is 15.3 Å². The summed E-state index contributed by atoms with van der Waals surface area (Å²) in [4.78, 5) is 11.4. The lowest BCUT2D eigenvalue weighted by molar-refractivity contribution is -0.133. The fourth-order valence-corrected chi connectivity index (χ4v) is 4.10. The van der Waals surface area contributed by atoms with Crippen LogP contribution in [0.5, 0.6) is 5.75 Å². The Labute approximate surface area is 162 Å². The number of phenols is 1. The van der Waals surface area contributed by atoms with Crippen LogP contribution in [0.15, 0.2) is 29.8 Å². The van der Waals surface area contributed by atoms with Crippen molar-refractivity contribution >= 4 is 5.97 Å². The highest BCUT2D eigenvalue weighted by Crippen LogP contribution is 2.42. The summed E-state index contributed by atoms with van der Waals surface area (Å²) >= 11 is 0. The Morgan fingerprint density at radius 2 is 1.96 bits per heavy atom. The zero-order valence-electron chi connectivity index (χ0n) is 16.9. The van der Waals surface area contributed by atoms with Gasteiger partial charge in [-0.3, -0.25) is 0 Å². The van der Waals surface area contributed by atoms with Crippen molar-refractivity contribution < 1.29 is 20.1 Å². The molecule has 0 radical (unpaired) electrons. The van der Waals surface area contributed by atoms with Crippen LogP contribution in [0.1, 0.15) is 82.8 Å². The van der Waals surface area contributed by atoms with Crippen molar-refractivity contribution in [1.29, 1.82) is 0 Å². The lowest BCUT2D eigenvalue weighted by Crippen LogP contribution is -2.23. The number of carbonyl (C=O) groups is 1. The molecular formula is C23H34O4. The van der Waals surface area contributed by atoms with Gasteiger partial charge in [0.2, 0.25) is 0 Å². The van der Waals surface area contributed by atoms with Crippen molar-refractivity contribution in [2.75, 3.05) is 6.61 Å². The van der Waals surface area contributed by atoms with Gasteiger partial charge in [0.1, 0.15) is 5.75 Å². The summed E-state index contributed by atoms with van der Waals surface area (Å²) < 4.78 is 0. The molecular weight excluding hydrogens is 340 g/mol. The van der Waals surface area contributed by atoms with Crippen LogP contribution < -0.4 is 0 Å². The van der Waals surface area contributed by atoms with E-state index in [2.05, 4.69) is 26.8 Å². The largest absolute Gasteiger partial charge is 0.508 e. The molecule has 1 aliphatic carbocycles. The number of aliphatic carboxylic acids is 1. The average molecular weight is 375 g/mol. The smallest absolute Gasteiger partial charge is 0.331 e. The Hall–Kier alpha value is -1.81. The summed E-state index contributed by atoms with van der Waals surface area (Å²) in [7, 11) is 0. The highest BCUT2D eigenvalue weighted by molar-refractivity contribution is 5.87. The Morgan fingerprint density at radius 1 is 1.22 bits per heavy atom. The molecule has 2 atom stereocenters. The van der Waals surface area contributed by atoms with Crippen molar-refractivity contribution in [2.45, 2.75) is 77.0 Å². The van der Waals surface area contributed by atoms with Crippen molar-refractivity contribution in [3.8, 4) is 5.75 Å². The van der Waals surface area contributed by atoms with E-state index in [1.807, 2.05) is 12.1 Å². The summed E-state index contributed by atoms with van der Waals surface area (Å²) in [6.45, 7) is 6.60. The molecule has 0 bridgehead atoms. The Kier molecular flexibility index (Phi) is 7.49. The maximum atomic E-state index is 11.4. The van der Waals surface area contributed by atoms with E-state index in [1.54, 1.807) is 6.08 Å². The Bertz CT molecular complexity index is 675. The number of rotatable bonds is 9. The quantitative estimate of drug-likeness (QED) is 0.523. The number of aromatic hydroxyl groups is 1. The van der Waals surface area contributed by atoms with E-state index in [9.17, 15) is 20.1 Å². The van der Waals surface area contributed by atoms with E-state index in [0.717, 1.165) is 17.5 Å². The minimum atomic E-state index is -0.916. The summed E-state index contributed by atoms with van der Waals surface area (Å²) in [6.07, 6.45) is 8.51. The molecule has 0 aromatic heterocycles. The second-order valence-corrected chi connectivity index (χ2v) is 8.49. The normalized spacial score (nSPS) is 20.4. The molecule has 4 heteroatoms. The van der Waals surface area contributed by atoms with Crippen LogP contribution in [0.4, 0.5) is 0 Å². The average Bonchev–Trinajstić information content (AvgIpc) is 2.64. The zero-order chi connectivity index (χ0) is 20.0. The van der Waals surface area contributed by atoms with Crippen molar-refractivity contribution in [3.63, 3.8) is 0 Å². The van der Waals surface area contributed by atoms with Crippen molar-refractivity contribution in [3.05, 3.63) is 41.0 Å². The SMILES string of the molecule is CCCCCCC(C)(C)c1ccc([C@@H]2CC(C(=O)O)=CC[C@H]2CO)c(O)c1. The van der Waals surface area contributed by atoms with Gasteiger partial charge in [-0.2, -0.15) is 0 Å². The number of hydrogen-bond donors (Lipinski definition) is 3. The molecule has 0 spiro atoms. The number of allylic oxidation sites excluding steroid dienone is 1. The lowest BCUT2D eigenvalue weighted by atomic mass is 9.74. The molecule has 0 amide bonds. The Morgan fingerprint density at radius 3 is 2.56 bits per heavy atom. The fraction of sp³-hybridized carbons (Fsp3) is 0.609. The first-order valence-electron chi connectivity index (χ1n) is 10.2. The van der Waals surface area contributed by atoms with Gasteiger partial charge in [-0.25, -0.2) is 4.79 Å². The van der Waals surface area contributed by atoms with Gasteiger partial charge in [-0.1, -0.05) is 64.7 Å². The predicted octanol–water partition coefficient (Wildman–Crippen LogP) is 5.14. The molecule has 0 saturated carbocycles. The van der Waals surface area contributed by atoms with Crippen LogP contribution in [-0.2, 0) is 10.2 Å². The second kappa shape index (κ2) is 9.41.